The Bertz CT molecular complexity index is 766. The molecule has 6 heteroatoms. The van der Waals surface area contributed by atoms with Crippen LogP contribution in [-0.4, -0.2) is 17.7 Å². The van der Waals surface area contributed by atoms with Crippen LogP contribution in [0.25, 0.3) is 0 Å². The summed E-state index contributed by atoms with van der Waals surface area (Å²) in [6.45, 7) is 5.07. The fourth-order valence-electron chi connectivity index (χ4n) is 2.03. The fourth-order valence-corrected chi connectivity index (χ4v) is 2.03. The summed E-state index contributed by atoms with van der Waals surface area (Å²) in [5.74, 6) is -0.578. The highest BCUT2D eigenvalue weighted by molar-refractivity contribution is 6.04. The van der Waals surface area contributed by atoms with E-state index in [4.69, 9.17) is 0 Å². The molecule has 3 N–H and O–H groups in total. The summed E-state index contributed by atoms with van der Waals surface area (Å²) < 4.78 is 0. The van der Waals surface area contributed by atoms with Gasteiger partial charge in [0.15, 0.2) is 0 Å². The Labute approximate surface area is 146 Å². The molecule has 0 aromatic heterocycles. The molecule has 0 saturated carbocycles. The Morgan fingerprint density at radius 1 is 0.720 bits per heavy atom. The molecule has 0 bridgehead atoms. The van der Waals surface area contributed by atoms with Crippen molar-refractivity contribution in [3.8, 4) is 0 Å². The first kappa shape index (κ1) is 18.2. The lowest BCUT2D eigenvalue weighted by Gasteiger charge is -2.10. The Kier molecular flexibility index (Phi) is 5.89. The van der Waals surface area contributed by atoms with Gasteiger partial charge in [-0.05, 0) is 48.5 Å². The van der Waals surface area contributed by atoms with Crippen molar-refractivity contribution in [1.29, 1.82) is 0 Å². The quantitative estimate of drug-likeness (QED) is 0.779. The summed E-state index contributed by atoms with van der Waals surface area (Å²) in [5, 5.41) is 8.22. The van der Waals surface area contributed by atoms with Gasteiger partial charge in [0.25, 0.3) is 5.91 Å². The number of carbonyl (C=O) groups excluding carboxylic acids is 3. The van der Waals surface area contributed by atoms with Crippen LogP contribution in [-0.2, 0) is 9.59 Å². The molecule has 0 aliphatic rings. The van der Waals surface area contributed by atoms with Crippen molar-refractivity contribution in [3.05, 3.63) is 54.1 Å². The summed E-state index contributed by atoms with van der Waals surface area (Å²) in [4.78, 5) is 34.9. The fraction of sp³-hybridized carbons (Fsp3) is 0.211. The lowest BCUT2D eigenvalue weighted by molar-refractivity contribution is -0.119. The number of hydrogen-bond acceptors (Lipinski definition) is 3. The summed E-state index contributed by atoms with van der Waals surface area (Å²) >= 11 is 0. The number of nitrogens with one attached hydrogen (secondary N) is 3. The number of benzene rings is 2. The van der Waals surface area contributed by atoms with E-state index in [0.717, 1.165) is 0 Å². The van der Waals surface area contributed by atoms with Gasteiger partial charge in [0.05, 0.1) is 0 Å². The van der Waals surface area contributed by atoms with Crippen LogP contribution in [0.2, 0.25) is 0 Å². The Hall–Kier alpha value is -3.15. The van der Waals surface area contributed by atoms with Gasteiger partial charge in [-0.25, -0.2) is 0 Å². The molecule has 130 valence electrons. The molecule has 6 nitrogen and oxygen atoms in total. The molecule has 3 amide bonds. The molecule has 0 radical (unpaired) electrons. The average molecular weight is 339 g/mol. The van der Waals surface area contributed by atoms with E-state index < -0.39 is 0 Å². The topological polar surface area (TPSA) is 87.3 Å². The minimum Gasteiger partial charge on any atom is -0.326 e. The molecule has 25 heavy (non-hydrogen) atoms. The van der Waals surface area contributed by atoms with E-state index in [-0.39, 0.29) is 23.6 Å². The van der Waals surface area contributed by atoms with Gasteiger partial charge in [0.2, 0.25) is 11.8 Å². The second kappa shape index (κ2) is 8.10. The third-order valence-electron chi connectivity index (χ3n) is 3.40. The van der Waals surface area contributed by atoms with Crippen LogP contribution in [0.4, 0.5) is 17.1 Å². The van der Waals surface area contributed by atoms with Gasteiger partial charge in [0, 0.05) is 35.5 Å². The molecule has 2 rings (SSSR count). The summed E-state index contributed by atoms with van der Waals surface area (Å²) in [6, 6.07) is 13.5. The predicted octanol–water partition coefficient (Wildman–Crippen LogP) is 3.49. The zero-order valence-electron chi connectivity index (χ0n) is 14.4. The smallest absolute Gasteiger partial charge is 0.255 e. The Balaban J connectivity index is 1.98. The largest absolute Gasteiger partial charge is 0.326 e. The monoisotopic (exact) mass is 339 g/mol. The van der Waals surface area contributed by atoms with E-state index in [1.54, 1.807) is 48.5 Å². The van der Waals surface area contributed by atoms with Gasteiger partial charge in [-0.2, -0.15) is 0 Å². The maximum Gasteiger partial charge on any atom is 0.255 e. The van der Waals surface area contributed by atoms with Crippen molar-refractivity contribution in [2.24, 2.45) is 5.92 Å². The second-order valence-corrected chi connectivity index (χ2v) is 5.93. The predicted molar refractivity (Wildman–Crippen MR) is 98.6 cm³/mol. The SMILES string of the molecule is CC(=O)Nc1ccc(C(=O)Nc2ccc(NC(=O)C(C)C)cc2)cc1. The zero-order chi connectivity index (χ0) is 18.4. The average Bonchev–Trinajstić information content (AvgIpc) is 2.56. The van der Waals surface area contributed by atoms with E-state index >= 15 is 0 Å². The Morgan fingerprint density at radius 3 is 1.64 bits per heavy atom. The van der Waals surface area contributed by atoms with Crippen molar-refractivity contribution in [2.45, 2.75) is 20.8 Å². The molecule has 0 unspecified atom stereocenters. The highest BCUT2D eigenvalue weighted by Crippen LogP contribution is 2.16. The molecule has 0 saturated heterocycles. The first-order valence-electron chi connectivity index (χ1n) is 7.95. The van der Waals surface area contributed by atoms with Crippen LogP contribution in [0, 0.1) is 5.92 Å². The van der Waals surface area contributed by atoms with Gasteiger partial charge in [-0.15, -0.1) is 0 Å². The van der Waals surface area contributed by atoms with Crippen LogP contribution in [0.5, 0.6) is 0 Å². The van der Waals surface area contributed by atoms with Crippen molar-refractivity contribution >= 4 is 34.8 Å². The maximum absolute atomic E-state index is 12.2. The molecule has 0 atom stereocenters. The minimum absolute atomic E-state index is 0.0592. The highest BCUT2D eigenvalue weighted by Gasteiger charge is 2.08. The van der Waals surface area contributed by atoms with Gasteiger partial charge < -0.3 is 16.0 Å². The van der Waals surface area contributed by atoms with E-state index in [9.17, 15) is 14.4 Å². The number of hydrogen-bond donors (Lipinski definition) is 3. The minimum atomic E-state index is -0.256. The second-order valence-electron chi connectivity index (χ2n) is 5.93. The van der Waals surface area contributed by atoms with Crippen LogP contribution >= 0.6 is 0 Å². The standard InChI is InChI=1S/C19H21N3O3/c1-12(2)18(24)21-16-8-10-17(11-9-16)22-19(25)14-4-6-15(7-5-14)20-13(3)23/h4-12H,1-3H3,(H,20,23)(H,21,24)(H,22,25). The third kappa shape index (κ3) is 5.46. The lowest BCUT2D eigenvalue weighted by atomic mass is 10.1. The molecule has 0 fully saturated rings. The molecule has 0 spiro atoms. The molecule has 2 aromatic carbocycles. The van der Waals surface area contributed by atoms with E-state index in [1.807, 2.05) is 13.8 Å². The number of carbonyl (C=O) groups is 3. The summed E-state index contributed by atoms with van der Waals surface area (Å²) in [7, 11) is 0. The van der Waals surface area contributed by atoms with Gasteiger partial charge in [-0.1, -0.05) is 13.8 Å². The van der Waals surface area contributed by atoms with Gasteiger partial charge in [-0.3, -0.25) is 14.4 Å². The van der Waals surface area contributed by atoms with E-state index in [0.29, 0.717) is 22.6 Å². The van der Waals surface area contributed by atoms with Crippen LogP contribution in [0.1, 0.15) is 31.1 Å². The van der Waals surface area contributed by atoms with Crippen molar-refractivity contribution in [2.75, 3.05) is 16.0 Å². The normalized spacial score (nSPS) is 10.2. The van der Waals surface area contributed by atoms with Crippen LogP contribution < -0.4 is 16.0 Å². The number of rotatable bonds is 5. The van der Waals surface area contributed by atoms with Crippen LogP contribution in [0.3, 0.4) is 0 Å². The summed E-state index contributed by atoms with van der Waals surface area (Å²) in [5.41, 5.74) is 2.41. The molecule has 2 aromatic rings. The maximum atomic E-state index is 12.2. The van der Waals surface area contributed by atoms with E-state index in [2.05, 4.69) is 16.0 Å². The summed E-state index contributed by atoms with van der Waals surface area (Å²) in [6.07, 6.45) is 0. The third-order valence-corrected chi connectivity index (χ3v) is 3.40. The van der Waals surface area contributed by atoms with Gasteiger partial charge >= 0.3 is 0 Å². The molecular formula is C19H21N3O3. The lowest BCUT2D eigenvalue weighted by Crippen LogP contribution is -2.17. The molecule has 0 aliphatic heterocycles. The van der Waals surface area contributed by atoms with E-state index in [1.165, 1.54) is 6.92 Å². The first-order valence-corrected chi connectivity index (χ1v) is 7.95. The van der Waals surface area contributed by atoms with Crippen molar-refractivity contribution in [1.82, 2.24) is 0 Å². The molecular weight excluding hydrogens is 318 g/mol. The number of anilines is 3. The first-order chi connectivity index (χ1) is 11.8. The highest BCUT2D eigenvalue weighted by atomic mass is 16.2. The zero-order valence-corrected chi connectivity index (χ0v) is 14.4. The van der Waals surface area contributed by atoms with Crippen LogP contribution in [0.15, 0.2) is 48.5 Å². The van der Waals surface area contributed by atoms with Crippen molar-refractivity contribution in [3.63, 3.8) is 0 Å². The molecule has 0 heterocycles. The van der Waals surface area contributed by atoms with Gasteiger partial charge in [0.1, 0.15) is 0 Å². The number of amides is 3. The molecule has 0 aliphatic carbocycles. The van der Waals surface area contributed by atoms with Crippen molar-refractivity contribution < 1.29 is 14.4 Å². The Morgan fingerprint density at radius 2 is 1.16 bits per heavy atom.